The van der Waals surface area contributed by atoms with Gasteiger partial charge in [0.1, 0.15) is 0 Å². The Morgan fingerprint density at radius 2 is 1.91 bits per heavy atom. The molecule has 112 valence electrons. The van der Waals surface area contributed by atoms with Crippen molar-refractivity contribution in [2.75, 3.05) is 18.9 Å². The van der Waals surface area contributed by atoms with Gasteiger partial charge in [0.25, 0.3) is 0 Å². The van der Waals surface area contributed by atoms with Crippen LogP contribution in [0, 0.1) is 0 Å². The number of thiophene rings is 1. The number of hydrogen-bond donors (Lipinski definition) is 1. The first-order chi connectivity index (χ1) is 10.7. The van der Waals surface area contributed by atoms with Gasteiger partial charge in [0.2, 0.25) is 5.91 Å². The van der Waals surface area contributed by atoms with Crippen LogP contribution in [0.25, 0.3) is 10.8 Å². The molecule has 0 unspecified atom stereocenters. The number of likely N-dealkylation sites (N-methyl/N-ethyl adjacent to an activating group) is 1. The molecule has 0 atom stereocenters. The highest BCUT2D eigenvalue weighted by Crippen LogP contribution is 2.18. The van der Waals surface area contributed by atoms with Gasteiger partial charge in [-0.25, -0.2) is 0 Å². The van der Waals surface area contributed by atoms with Crippen molar-refractivity contribution >= 4 is 33.7 Å². The van der Waals surface area contributed by atoms with E-state index >= 15 is 0 Å². The number of amides is 1. The highest BCUT2D eigenvalue weighted by molar-refractivity contribution is 7.09. The van der Waals surface area contributed by atoms with E-state index in [1.54, 1.807) is 11.3 Å². The van der Waals surface area contributed by atoms with E-state index in [0.717, 1.165) is 17.6 Å². The van der Waals surface area contributed by atoms with Crippen molar-refractivity contribution in [2.45, 2.75) is 6.54 Å². The summed E-state index contributed by atoms with van der Waals surface area (Å²) in [7, 11) is 1.96. The molecule has 1 N–H and O–H groups in total. The second-order valence-corrected chi connectivity index (χ2v) is 6.39. The van der Waals surface area contributed by atoms with E-state index in [4.69, 9.17) is 0 Å². The third kappa shape index (κ3) is 3.72. The Balaban J connectivity index is 1.60. The lowest BCUT2D eigenvalue weighted by Gasteiger charge is -2.15. The average Bonchev–Trinajstić information content (AvgIpc) is 2.99. The molecule has 0 aliphatic heterocycles. The number of anilines is 1. The Kier molecular flexibility index (Phi) is 4.51. The molecule has 0 radical (unpaired) electrons. The number of nitrogens with one attached hydrogen (secondary N) is 1. The van der Waals surface area contributed by atoms with Crippen LogP contribution >= 0.6 is 11.3 Å². The van der Waals surface area contributed by atoms with Crippen molar-refractivity contribution in [2.24, 2.45) is 0 Å². The minimum absolute atomic E-state index is 0.00865. The average molecular weight is 310 g/mol. The Labute approximate surface area is 134 Å². The van der Waals surface area contributed by atoms with Crippen molar-refractivity contribution in [3.05, 3.63) is 64.9 Å². The van der Waals surface area contributed by atoms with E-state index in [-0.39, 0.29) is 5.91 Å². The summed E-state index contributed by atoms with van der Waals surface area (Å²) in [6.45, 7) is 1.17. The molecular weight excluding hydrogens is 292 g/mol. The third-order valence-electron chi connectivity index (χ3n) is 3.45. The van der Waals surface area contributed by atoms with E-state index in [9.17, 15) is 4.79 Å². The molecule has 3 nitrogen and oxygen atoms in total. The molecule has 0 aliphatic rings. The second-order valence-electron chi connectivity index (χ2n) is 5.36. The summed E-state index contributed by atoms with van der Waals surface area (Å²) in [6, 6.07) is 18.2. The highest BCUT2D eigenvalue weighted by Gasteiger charge is 2.08. The Morgan fingerprint density at radius 3 is 2.68 bits per heavy atom. The monoisotopic (exact) mass is 310 g/mol. The Hall–Kier alpha value is -2.17. The lowest BCUT2D eigenvalue weighted by Crippen LogP contribution is -2.29. The zero-order valence-corrected chi connectivity index (χ0v) is 13.3. The molecule has 0 bridgehead atoms. The van der Waals surface area contributed by atoms with Crippen LogP contribution in [0.2, 0.25) is 0 Å². The predicted molar refractivity (Wildman–Crippen MR) is 93.2 cm³/mol. The normalized spacial score (nSPS) is 11.0. The van der Waals surface area contributed by atoms with Gasteiger partial charge in [-0.05, 0) is 41.4 Å². The van der Waals surface area contributed by atoms with Gasteiger partial charge in [-0.1, -0.05) is 36.4 Å². The summed E-state index contributed by atoms with van der Waals surface area (Å²) in [5.74, 6) is 0.00865. The molecule has 3 rings (SSSR count). The summed E-state index contributed by atoms with van der Waals surface area (Å²) in [6.07, 6.45) is 0. The predicted octanol–water partition coefficient (Wildman–Crippen LogP) is 3.97. The van der Waals surface area contributed by atoms with Crippen molar-refractivity contribution < 1.29 is 4.79 Å². The Bertz CT molecular complexity index is 768. The van der Waals surface area contributed by atoms with Crippen molar-refractivity contribution in [3.8, 4) is 0 Å². The number of carbonyl (C=O) groups excluding carboxylic acids is 1. The fourth-order valence-corrected chi connectivity index (χ4v) is 3.22. The Morgan fingerprint density at radius 1 is 1.09 bits per heavy atom. The lowest BCUT2D eigenvalue weighted by molar-refractivity contribution is -0.117. The first-order valence-corrected chi connectivity index (χ1v) is 8.08. The molecule has 3 aromatic rings. The summed E-state index contributed by atoms with van der Waals surface area (Å²) in [5.41, 5.74) is 0.841. The minimum atomic E-state index is 0.00865. The van der Waals surface area contributed by atoms with Crippen LogP contribution in [0.15, 0.2) is 60.0 Å². The van der Waals surface area contributed by atoms with Gasteiger partial charge >= 0.3 is 0 Å². The number of fused-ring (bicyclic) bond motifs is 1. The fraction of sp³-hybridized carbons (Fsp3) is 0.167. The summed E-state index contributed by atoms with van der Waals surface area (Å²) < 4.78 is 0. The summed E-state index contributed by atoms with van der Waals surface area (Å²) in [4.78, 5) is 15.4. The third-order valence-corrected chi connectivity index (χ3v) is 4.31. The van der Waals surface area contributed by atoms with Crippen LogP contribution in [0.4, 0.5) is 5.69 Å². The minimum Gasteiger partial charge on any atom is -0.325 e. The maximum Gasteiger partial charge on any atom is 0.238 e. The molecular formula is C18H18N2OS. The first-order valence-electron chi connectivity index (χ1n) is 7.20. The quantitative estimate of drug-likeness (QED) is 0.773. The maximum absolute atomic E-state index is 12.1. The van der Waals surface area contributed by atoms with Crippen molar-refractivity contribution in [1.29, 1.82) is 0 Å². The second kappa shape index (κ2) is 6.73. The SMILES string of the molecule is CN(CC(=O)Nc1ccc2ccccc2c1)Cc1cccs1. The van der Waals surface area contributed by atoms with Crippen molar-refractivity contribution in [1.82, 2.24) is 4.90 Å². The van der Waals surface area contributed by atoms with Gasteiger partial charge in [0, 0.05) is 17.1 Å². The van der Waals surface area contributed by atoms with Crippen LogP contribution in [0.3, 0.4) is 0 Å². The standard InChI is InChI=1S/C18H18N2OS/c1-20(12-17-7-4-10-22-17)13-18(21)19-16-9-8-14-5-2-3-6-15(14)11-16/h2-11H,12-13H2,1H3,(H,19,21). The molecule has 0 fully saturated rings. The van der Waals surface area contributed by atoms with Crippen LogP contribution in [-0.4, -0.2) is 24.4 Å². The van der Waals surface area contributed by atoms with E-state index in [1.807, 2.05) is 54.4 Å². The smallest absolute Gasteiger partial charge is 0.238 e. The lowest BCUT2D eigenvalue weighted by atomic mass is 10.1. The highest BCUT2D eigenvalue weighted by atomic mass is 32.1. The largest absolute Gasteiger partial charge is 0.325 e. The zero-order valence-electron chi connectivity index (χ0n) is 12.5. The van der Waals surface area contributed by atoms with E-state index in [2.05, 4.69) is 22.8 Å². The molecule has 22 heavy (non-hydrogen) atoms. The number of benzene rings is 2. The van der Waals surface area contributed by atoms with Gasteiger partial charge in [0.05, 0.1) is 6.54 Å². The fourth-order valence-electron chi connectivity index (χ4n) is 2.44. The first kappa shape index (κ1) is 14.8. The molecule has 1 heterocycles. The van der Waals surface area contributed by atoms with Gasteiger partial charge in [0.15, 0.2) is 0 Å². The number of hydrogen-bond acceptors (Lipinski definition) is 3. The maximum atomic E-state index is 12.1. The molecule has 0 aliphatic carbocycles. The van der Waals surface area contributed by atoms with Crippen LogP contribution in [0.1, 0.15) is 4.88 Å². The van der Waals surface area contributed by atoms with Gasteiger partial charge in [-0.3, -0.25) is 9.69 Å². The van der Waals surface area contributed by atoms with Crippen molar-refractivity contribution in [3.63, 3.8) is 0 Å². The molecule has 4 heteroatoms. The van der Waals surface area contributed by atoms with Gasteiger partial charge in [-0.15, -0.1) is 11.3 Å². The molecule has 0 spiro atoms. The summed E-state index contributed by atoms with van der Waals surface area (Å²) >= 11 is 1.71. The van der Waals surface area contributed by atoms with Crippen LogP contribution < -0.4 is 5.32 Å². The molecule has 1 amide bonds. The summed E-state index contributed by atoms with van der Waals surface area (Å²) in [5, 5.41) is 7.33. The number of rotatable bonds is 5. The van der Waals surface area contributed by atoms with Gasteiger partial charge in [-0.2, -0.15) is 0 Å². The van der Waals surface area contributed by atoms with E-state index < -0.39 is 0 Å². The van der Waals surface area contributed by atoms with E-state index in [0.29, 0.717) is 6.54 Å². The topological polar surface area (TPSA) is 32.3 Å². The zero-order chi connectivity index (χ0) is 15.4. The molecule has 1 aromatic heterocycles. The molecule has 2 aromatic carbocycles. The number of carbonyl (C=O) groups is 1. The van der Waals surface area contributed by atoms with Crippen LogP contribution in [-0.2, 0) is 11.3 Å². The van der Waals surface area contributed by atoms with Crippen LogP contribution in [0.5, 0.6) is 0 Å². The molecule has 0 saturated carbocycles. The van der Waals surface area contributed by atoms with Gasteiger partial charge < -0.3 is 5.32 Å². The van der Waals surface area contributed by atoms with E-state index in [1.165, 1.54) is 10.3 Å². The molecule has 0 saturated heterocycles. The number of nitrogens with zero attached hydrogens (tertiary/aromatic N) is 1.